The topological polar surface area (TPSA) is 132 Å². The Balaban J connectivity index is 3.13. The Morgan fingerprint density at radius 2 is 2.00 bits per heavy atom. The van der Waals surface area contributed by atoms with E-state index in [2.05, 4.69) is 5.32 Å². The number of hydrogen-bond acceptors (Lipinski definition) is 5. The second-order valence-electron chi connectivity index (χ2n) is 4.62. The number of carboxylic acid groups (broad SMARTS) is 1. The van der Waals surface area contributed by atoms with Gasteiger partial charge in [0, 0.05) is 12.1 Å². The van der Waals surface area contributed by atoms with Crippen molar-refractivity contribution in [2.24, 2.45) is 0 Å². The van der Waals surface area contributed by atoms with Crippen LogP contribution in [-0.4, -0.2) is 32.5 Å². The van der Waals surface area contributed by atoms with Gasteiger partial charge in [-0.15, -0.1) is 0 Å². The summed E-state index contributed by atoms with van der Waals surface area (Å²) in [6.45, 7) is 3.22. The molecule has 22 heavy (non-hydrogen) atoms. The van der Waals surface area contributed by atoms with Crippen LogP contribution in [0.5, 0.6) is 0 Å². The first kappa shape index (κ1) is 17.3. The van der Waals surface area contributed by atoms with Crippen molar-refractivity contribution in [2.75, 3.05) is 0 Å². The summed E-state index contributed by atoms with van der Waals surface area (Å²) in [4.78, 5) is 45.1. The summed E-state index contributed by atoms with van der Waals surface area (Å²) in [7, 11) is 0. The van der Waals surface area contributed by atoms with Gasteiger partial charge < -0.3 is 10.4 Å². The van der Waals surface area contributed by atoms with E-state index in [0.29, 0.717) is 0 Å². The number of pyridine rings is 1. The predicted molar refractivity (Wildman–Crippen MR) is 76.5 cm³/mol. The van der Waals surface area contributed by atoms with Crippen molar-refractivity contribution in [1.29, 1.82) is 0 Å². The largest absolute Gasteiger partial charge is 0.480 e. The van der Waals surface area contributed by atoms with Crippen molar-refractivity contribution in [2.45, 2.75) is 38.8 Å². The van der Waals surface area contributed by atoms with E-state index in [4.69, 9.17) is 5.11 Å². The molecule has 0 aromatic carbocycles. The number of carboxylic acids is 1. The van der Waals surface area contributed by atoms with Crippen molar-refractivity contribution >= 4 is 17.6 Å². The molecule has 0 saturated heterocycles. The Labute approximate surface area is 125 Å². The second kappa shape index (κ2) is 7.34. The standard InChI is InChI=1S/C13H17N3O6/c1-3-9(13(19)20)14-12(18)10(4-2)15-7-8(16(21)22)5-6-11(15)17/h5-7,9-10H,3-4H2,1-2H3,(H,14,18)(H,19,20). The second-order valence-corrected chi connectivity index (χ2v) is 4.62. The Morgan fingerprint density at radius 3 is 2.45 bits per heavy atom. The zero-order chi connectivity index (χ0) is 16.9. The van der Waals surface area contributed by atoms with Crippen molar-refractivity contribution in [3.63, 3.8) is 0 Å². The Hall–Kier alpha value is -2.71. The number of aliphatic carboxylic acids is 1. The van der Waals surface area contributed by atoms with Crippen LogP contribution < -0.4 is 10.9 Å². The smallest absolute Gasteiger partial charge is 0.326 e. The number of nitrogens with zero attached hydrogens (tertiary/aromatic N) is 2. The van der Waals surface area contributed by atoms with E-state index in [-0.39, 0.29) is 18.5 Å². The monoisotopic (exact) mass is 311 g/mol. The molecule has 0 fully saturated rings. The van der Waals surface area contributed by atoms with Crippen LogP contribution in [0.2, 0.25) is 0 Å². The number of carbonyl (C=O) groups excluding carboxylic acids is 1. The molecule has 0 saturated carbocycles. The lowest BCUT2D eigenvalue weighted by Crippen LogP contribution is -2.45. The third kappa shape index (κ3) is 3.90. The van der Waals surface area contributed by atoms with E-state index in [0.717, 1.165) is 22.9 Å². The normalized spacial score (nSPS) is 13.2. The van der Waals surface area contributed by atoms with Crippen LogP contribution in [0.4, 0.5) is 5.69 Å². The van der Waals surface area contributed by atoms with Crippen LogP contribution in [0.3, 0.4) is 0 Å². The van der Waals surface area contributed by atoms with Crippen LogP contribution in [0, 0.1) is 10.1 Å². The summed E-state index contributed by atoms with van der Waals surface area (Å²) in [5, 5.41) is 22.0. The summed E-state index contributed by atoms with van der Waals surface area (Å²) >= 11 is 0. The first-order chi connectivity index (χ1) is 10.3. The highest BCUT2D eigenvalue weighted by Gasteiger charge is 2.25. The zero-order valence-corrected chi connectivity index (χ0v) is 12.2. The fraction of sp³-hybridized carbons (Fsp3) is 0.462. The molecule has 1 aromatic rings. The lowest BCUT2D eigenvalue weighted by atomic mass is 10.1. The fourth-order valence-corrected chi connectivity index (χ4v) is 1.96. The molecule has 0 aliphatic heterocycles. The summed E-state index contributed by atoms with van der Waals surface area (Å²) in [6.07, 6.45) is 1.35. The molecule has 2 unspecified atom stereocenters. The number of nitrogens with one attached hydrogen (secondary N) is 1. The fourth-order valence-electron chi connectivity index (χ4n) is 1.96. The van der Waals surface area contributed by atoms with Crippen molar-refractivity contribution in [3.05, 3.63) is 38.8 Å². The quantitative estimate of drug-likeness (QED) is 0.562. The summed E-state index contributed by atoms with van der Waals surface area (Å²) in [6, 6.07) is -0.0326. The first-order valence-electron chi connectivity index (χ1n) is 6.71. The van der Waals surface area contributed by atoms with Crippen LogP contribution in [0.25, 0.3) is 0 Å². The maximum Gasteiger partial charge on any atom is 0.326 e. The first-order valence-corrected chi connectivity index (χ1v) is 6.71. The van der Waals surface area contributed by atoms with Gasteiger partial charge in [-0.1, -0.05) is 13.8 Å². The highest BCUT2D eigenvalue weighted by molar-refractivity contribution is 5.85. The van der Waals surface area contributed by atoms with Crippen molar-refractivity contribution in [3.8, 4) is 0 Å². The van der Waals surface area contributed by atoms with E-state index < -0.39 is 34.4 Å². The molecule has 0 bridgehead atoms. The molecule has 1 aromatic heterocycles. The van der Waals surface area contributed by atoms with E-state index in [9.17, 15) is 24.5 Å². The van der Waals surface area contributed by atoms with Gasteiger partial charge in [0.05, 0.1) is 11.1 Å². The molecule has 120 valence electrons. The van der Waals surface area contributed by atoms with Gasteiger partial charge in [-0.2, -0.15) is 0 Å². The van der Waals surface area contributed by atoms with E-state index in [1.165, 1.54) is 0 Å². The molecule has 9 nitrogen and oxygen atoms in total. The van der Waals surface area contributed by atoms with Gasteiger partial charge in [0.25, 0.3) is 11.2 Å². The number of hydrogen-bond donors (Lipinski definition) is 2. The van der Waals surface area contributed by atoms with Gasteiger partial charge in [0.2, 0.25) is 5.91 Å². The van der Waals surface area contributed by atoms with Crippen LogP contribution >= 0.6 is 0 Å². The SMILES string of the molecule is CCC(NC(=O)C(CC)n1cc([N+](=O)[O-])ccc1=O)C(=O)O. The van der Waals surface area contributed by atoms with E-state index >= 15 is 0 Å². The minimum atomic E-state index is -1.18. The van der Waals surface area contributed by atoms with Gasteiger partial charge in [-0.3, -0.25) is 24.3 Å². The number of aromatic nitrogens is 1. The Kier molecular flexibility index (Phi) is 5.79. The molecule has 0 aliphatic rings. The van der Waals surface area contributed by atoms with Crippen LogP contribution in [-0.2, 0) is 9.59 Å². The highest BCUT2D eigenvalue weighted by atomic mass is 16.6. The van der Waals surface area contributed by atoms with E-state index in [1.807, 2.05) is 0 Å². The maximum atomic E-state index is 12.2. The minimum absolute atomic E-state index is 0.182. The lowest BCUT2D eigenvalue weighted by Gasteiger charge is -2.20. The number of carbonyl (C=O) groups is 2. The van der Waals surface area contributed by atoms with Crippen LogP contribution in [0.1, 0.15) is 32.7 Å². The maximum absolute atomic E-state index is 12.2. The third-order valence-electron chi connectivity index (χ3n) is 3.18. The molecular formula is C13H17N3O6. The van der Waals surface area contributed by atoms with Gasteiger partial charge in [-0.05, 0) is 12.8 Å². The zero-order valence-electron chi connectivity index (χ0n) is 12.2. The number of amides is 1. The van der Waals surface area contributed by atoms with E-state index in [1.54, 1.807) is 13.8 Å². The summed E-state index contributed by atoms with van der Waals surface area (Å²) < 4.78 is 0.946. The summed E-state index contributed by atoms with van der Waals surface area (Å²) in [5.41, 5.74) is -0.896. The Bertz CT molecular complexity index is 639. The molecule has 2 N–H and O–H groups in total. The molecule has 0 aliphatic carbocycles. The van der Waals surface area contributed by atoms with Crippen LogP contribution in [0.15, 0.2) is 23.1 Å². The molecule has 9 heteroatoms. The van der Waals surface area contributed by atoms with Gasteiger partial charge in [-0.25, -0.2) is 4.79 Å². The predicted octanol–water partition coefficient (Wildman–Crippen LogP) is 0.687. The Morgan fingerprint density at radius 1 is 1.36 bits per heavy atom. The van der Waals surface area contributed by atoms with Crippen molar-refractivity contribution < 1.29 is 19.6 Å². The molecule has 0 spiro atoms. The molecule has 1 amide bonds. The highest BCUT2D eigenvalue weighted by Crippen LogP contribution is 2.14. The number of rotatable bonds is 7. The molecule has 0 radical (unpaired) electrons. The molecule has 1 heterocycles. The lowest BCUT2D eigenvalue weighted by molar-refractivity contribution is -0.385. The number of nitro groups is 1. The minimum Gasteiger partial charge on any atom is -0.480 e. The third-order valence-corrected chi connectivity index (χ3v) is 3.18. The van der Waals surface area contributed by atoms with Gasteiger partial charge in [0.1, 0.15) is 12.1 Å². The molecule has 2 atom stereocenters. The van der Waals surface area contributed by atoms with Gasteiger partial charge in [0.15, 0.2) is 0 Å². The average molecular weight is 311 g/mol. The average Bonchev–Trinajstić information content (AvgIpc) is 2.46. The molecular weight excluding hydrogens is 294 g/mol. The molecule has 1 rings (SSSR count). The summed E-state index contributed by atoms with van der Waals surface area (Å²) in [5.74, 6) is -1.85. The van der Waals surface area contributed by atoms with Crippen molar-refractivity contribution in [1.82, 2.24) is 9.88 Å². The van der Waals surface area contributed by atoms with Gasteiger partial charge >= 0.3 is 5.97 Å².